The Bertz CT molecular complexity index is 1300. The number of hydrogen-bond donors (Lipinski definition) is 0. The summed E-state index contributed by atoms with van der Waals surface area (Å²) in [6.07, 6.45) is 8.18. The largest absolute Gasteiger partial charge is 0.462 e. The van der Waals surface area contributed by atoms with E-state index in [2.05, 4.69) is 48.6 Å². The Kier molecular flexibility index (Phi) is 8.09. The van der Waals surface area contributed by atoms with Gasteiger partial charge in [-0.2, -0.15) is 0 Å². The second kappa shape index (κ2) is 11.8. The van der Waals surface area contributed by atoms with E-state index in [0.29, 0.717) is 24.3 Å². The molecule has 0 unspecified atom stereocenters. The van der Waals surface area contributed by atoms with Crippen LogP contribution in [0.3, 0.4) is 0 Å². The van der Waals surface area contributed by atoms with Crippen LogP contribution >= 0.6 is 0 Å². The molecule has 0 atom stereocenters. The van der Waals surface area contributed by atoms with E-state index in [1.807, 2.05) is 36.4 Å². The van der Waals surface area contributed by atoms with Gasteiger partial charge in [0.15, 0.2) is 0 Å². The zero-order valence-electron chi connectivity index (χ0n) is 20.4. The number of esters is 2. The normalized spacial score (nSPS) is 11.3. The van der Waals surface area contributed by atoms with Crippen LogP contribution in [-0.4, -0.2) is 25.2 Å². The van der Waals surface area contributed by atoms with Gasteiger partial charge in [0, 0.05) is 0 Å². The first-order chi connectivity index (χ1) is 17.6. The molecule has 0 saturated heterocycles. The Morgan fingerprint density at radius 2 is 0.861 bits per heavy atom. The third-order valence-electron chi connectivity index (χ3n) is 5.67. The van der Waals surface area contributed by atoms with Crippen molar-refractivity contribution >= 4 is 47.0 Å². The van der Waals surface area contributed by atoms with Gasteiger partial charge in [0.05, 0.1) is 24.3 Å². The zero-order chi connectivity index (χ0) is 25.3. The second-order valence-electron chi connectivity index (χ2n) is 8.22. The van der Waals surface area contributed by atoms with E-state index in [0.717, 1.165) is 33.0 Å². The number of ether oxygens (including phenoxy) is 2. The SMILES string of the molecule is CCOC(=O)c1ccc(C=Cc2ccc3cc(C=Cc4ccc(C(=O)OCC)cc4)ccc3c2)cc1. The van der Waals surface area contributed by atoms with Crippen molar-refractivity contribution in [2.75, 3.05) is 13.2 Å². The lowest BCUT2D eigenvalue weighted by Gasteiger charge is -2.03. The van der Waals surface area contributed by atoms with Gasteiger partial charge in [0.1, 0.15) is 0 Å². The average molecular weight is 477 g/mol. The number of hydrogen-bond acceptors (Lipinski definition) is 4. The summed E-state index contributed by atoms with van der Waals surface area (Å²) < 4.78 is 10.1. The maximum absolute atomic E-state index is 11.8. The van der Waals surface area contributed by atoms with Crippen molar-refractivity contribution < 1.29 is 19.1 Å². The summed E-state index contributed by atoms with van der Waals surface area (Å²) in [4.78, 5) is 23.6. The highest BCUT2D eigenvalue weighted by Gasteiger charge is 2.05. The fourth-order valence-corrected chi connectivity index (χ4v) is 3.76. The molecule has 4 aromatic rings. The Morgan fingerprint density at radius 1 is 0.528 bits per heavy atom. The van der Waals surface area contributed by atoms with E-state index >= 15 is 0 Å². The topological polar surface area (TPSA) is 52.6 Å². The monoisotopic (exact) mass is 476 g/mol. The molecule has 0 aromatic heterocycles. The van der Waals surface area contributed by atoms with Crippen LogP contribution in [0.25, 0.3) is 35.1 Å². The van der Waals surface area contributed by atoms with Crippen LogP contribution in [0.1, 0.15) is 56.8 Å². The minimum atomic E-state index is -0.302. The summed E-state index contributed by atoms with van der Waals surface area (Å²) >= 11 is 0. The average Bonchev–Trinajstić information content (AvgIpc) is 2.91. The minimum Gasteiger partial charge on any atom is -0.462 e. The van der Waals surface area contributed by atoms with Crippen LogP contribution in [0.5, 0.6) is 0 Å². The number of benzene rings is 4. The van der Waals surface area contributed by atoms with E-state index in [-0.39, 0.29) is 11.9 Å². The molecule has 0 bridgehead atoms. The molecule has 0 radical (unpaired) electrons. The van der Waals surface area contributed by atoms with Gasteiger partial charge in [-0.05, 0) is 83.3 Å². The standard InChI is InChI=1S/C32H28O4/c1-3-35-31(33)27-15-9-23(10-16-27)5-7-25-13-19-30-22-26(14-20-29(30)21-25)8-6-24-11-17-28(18-12-24)32(34)36-4-2/h5-22H,3-4H2,1-2H3. The second-order valence-corrected chi connectivity index (χ2v) is 8.22. The Labute approximate surface area is 211 Å². The summed E-state index contributed by atoms with van der Waals surface area (Å²) in [5.41, 5.74) is 5.33. The number of rotatable bonds is 8. The summed E-state index contributed by atoms with van der Waals surface area (Å²) in [7, 11) is 0. The van der Waals surface area contributed by atoms with E-state index in [1.165, 1.54) is 0 Å². The van der Waals surface area contributed by atoms with Gasteiger partial charge in [-0.25, -0.2) is 9.59 Å². The lowest BCUT2D eigenvalue weighted by Crippen LogP contribution is -2.03. The van der Waals surface area contributed by atoms with Gasteiger partial charge < -0.3 is 9.47 Å². The molecule has 4 aromatic carbocycles. The van der Waals surface area contributed by atoms with Gasteiger partial charge >= 0.3 is 11.9 Å². The molecular formula is C32H28O4. The molecule has 0 N–H and O–H groups in total. The Hall–Kier alpha value is -4.44. The third-order valence-corrected chi connectivity index (χ3v) is 5.67. The molecule has 0 fully saturated rings. The molecule has 0 amide bonds. The molecule has 4 rings (SSSR count). The summed E-state index contributed by atoms with van der Waals surface area (Å²) in [6.45, 7) is 4.33. The summed E-state index contributed by atoms with van der Waals surface area (Å²) in [5.74, 6) is -0.604. The molecular weight excluding hydrogens is 448 g/mol. The quantitative estimate of drug-likeness (QED) is 0.195. The van der Waals surface area contributed by atoms with Crippen molar-refractivity contribution in [3.8, 4) is 0 Å². The third kappa shape index (κ3) is 6.36. The van der Waals surface area contributed by atoms with Crippen LogP contribution in [-0.2, 0) is 9.47 Å². The predicted octanol–water partition coefficient (Wildman–Crippen LogP) is 7.53. The fraction of sp³-hybridized carbons (Fsp3) is 0.125. The predicted molar refractivity (Wildman–Crippen MR) is 147 cm³/mol. The summed E-state index contributed by atoms with van der Waals surface area (Å²) in [5, 5.41) is 2.32. The molecule has 0 spiro atoms. The Balaban J connectivity index is 1.43. The maximum Gasteiger partial charge on any atom is 0.338 e. The number of carbonyl (C=O) groups excluding carboxylic acids is 2. The van der Waals surface area contributed by atoms with E-state index in [9.17, 15) is 9.59 Å². The number of carbonyl (C=O) groups is 2. The van der Waals surface area contributed by atoms with Crippen LogP contribution in [0.2, 0.25) is 0 Å². The van der Waals surface area contributed by atoms with Gasteiger partial charge in [-0.15, -0.1) is 0 Å². The number of fused-ring (bicyclic) bond motifs is 1. The lowest BCUT2D eigenvalue weighted by molar-refractivity contribution is 0.0516. The highest BCUT2D eigenvalue weighted by molar-refractivity contribution is 5.91. The van der Waals surface area contributed by atoms with Crippen molar-refractivity contribution in [2.24, 2.45) is 0 Å². The van der Waals surface area contributed by atoms with Gasteiger partial charge in [0.2, 0.25) is 0 Å². The first kappa shape index (κ1) is 24.7. The van der Waals surface area contributed by atoms with Crippen LogP contribution in [0, 0.1) is 0 Å². The lowest BCUT2D eigenvalue weighted by atomic mass is 10.0. The molecule has 0 aliphatic rings. The first-order valence-electron chi connectivity index (χ1n) is 12.0. The van der Waals surface area contributed by atoms with E-state index in [1.54, 1.807) is 38.1 Å². The van der Waals surface area contributed by atoms with Crippen LogP contribution in [0.15, 0.2) is 84.9 Å². The highest BCUT2D eigenvalue weighted by Crippen LogP contribution is 2.21. The van der Waals surface area contributed by atoms with Crippen LogP contribution in [0.4, 0.5) is 0 Å². The van der Waals surface area contributed by atoms with Gasteiger partial charge in [-0.1, -0.05) is 72.8 Å². The maximum atomic E-state index is 11.8. The molecule has 180 valence electrons. The Morgan fingerprint density at radius 3 is 1.22 bits per heavy atom. The van der Waals surface area contributed by atoms with Crippen molar-refractivity contribution in [3.63, 3.8) is 0 Å². The summed E-state index contributed by atoms with van der Waals surface area (Å²) in [6, 6.07) is 27.5. The minimum absolute atomic E-state index is 0.302. The zero-order valence-corrected chi connectivity index (χ0v) is 20.4. The smallest absolute Gasteiger partial charge is 0.338 e. The molecule has 0 aliphatic heterocycles. The van der Waals surface area contributed by atoms with E-state index < -0.39 is 0 Å². The molecule has 4 nitrogen and oxygen atoms in total. The molecule has 4 heteroatoms. The van der Waals surface area contributed by atoms with Crippen LogP contribution < -0.4 is 0 Å². The molecule has 0 aliphatic carbocycles. The van der Waals surface area contributed by atoms with Crippen molar-refractivity contribution in [2.45, 2.75) is 13.8 Å². The van der Waals surface area contributed by atoms with Gasteiger partial charge in [-0.3, -0.25) is 0 Å². The van der Waals surface area contributed by atoms with Crippen molar-refractivity contribution in [1.29, 1.82) is 0 Å². The fourth-order valence-electron chi connectivity index (χ4n) is 3.76. The first-order valence-corrected chi connectivity index (χ1v) is 12.0. The van der Waals surface area contributed by atoms with Crippen molar-refractivity contribution in [3.05, 3.63) is 118 Å². The van der Waals surface area contributed by atoms with Crippen molar-refractivity contribution in [1.82, 2.24) is 0 Å². The molecule has 0 saturated carbocycles. The molecule has 0 heterocycles. The van der Waals surface area contributed by atoms with Gasteiger partial charge in [0.25, 0.3) is 0 Å². The van der Waals surface area contributed by atoms with E-state index in [4.69, 9.17) is 9.47 Å². The highest BCUT2D eigenvalue weighted by atomic mass is 16.5. The molecule has 36 heavy (non-hydrogen) atoms.